The lowest BCUT2D eigenvalue weighted by molar-refractivity contribution is -0.121. The largest absolute Gasteiger partial charge is 0.486 e. The summed E-state index contributed by atoms with van der Waals surface area (Å²) in [6, 6.07) is 17.3. The summed E-state index contributed by atoms with van der Waals surface area (Å²) in [4.78, 5) is 17.1. The standard InChI is InChI=1S/C22H23N3O2/c1-22(2,3)15-9-11-16(12-10-15)27-14-20(26)17(13-23)21-24-18-7-5-6-8-19(18)25(21)4/h5-12,17H,14H2,1-4H3. The maximum Gasteiger partial charge on any atom is 0.194 e. The molecular weight excluding hydrogens is 338 g/mol. The lowest BCUT2D eigenvalue weighted by atomic mass is 9.87. The summed E-state index contributed by atoms with van der Waals surface area (Å²) in [5, 5.41) is 9.54. The van der Waals surface area contributed by atoms with E-state index < -0.39 is 5.92 Å². The van der Waals surface area contributed by atoms with Crippen LogP contribution >= 0.6 is 0 Å². The fourth-order valence-electron chi connectivity index (χ4n) is 2.99. The molecule has 1 atom stereocenters. The van der Waals surface area contributed by atoms with Crippen molar-refractivity contribution < 1.29 is 9.53 Å². The summed E-state index contributed by atoms with van der Waals surface area (Å²) < 4.78 is 7.41. The molecule has 0 fully saturated rings. The van der Waals surface area contributed by atoms with Gasteiger partial charge in [-0.05, 0) is 35.2 Å². The van der Waals surface area contributed by atoms with Crippen molar-refractivity contribution in [2.24, 2.45) is 7.05 Å². The van der Waals surface area contributed by atoms with Gasteiger partial charge in [-0.15, -0.1) is 0 Å². The predicted molar refractivity (Wildman–Crippen MR) is 105 cm³/mol. The average molecular weight is 361 g/mol. The lowest BCUT2D eigenvalue weighted by Crippen LogP contribution is -2.21. The number of aryl methyl sites for hydroxylation is 1. The van der Waals surface area contributed by atoms with E-state index in [1.165, 1.54) is 5.56 Å². The van der Waals surface area contributed by atoms with Gasteiger partial charge in [0.2, 0.25) is 0 Å². The molecule has 0 aliphatic rings. The number of ether oxygens (including phenoxy) is 1. The Morgan fingerprint density at radius 3 is 2.44 bits per heavy atom. The van der Waals surface area contributed by atoms with Crippen LogP contribution in [0.5, 0.6) is 5.75 Å². The van der Waals surface area contributed by atoms with Crippen molar-refractivity contribution in [1.29, 1.82) is 5.26 Å². The van der Waals surface area contributed by atoms with E-state index in [-0.39, 0.29) is 17.8 Å². The number of carbonyl (C=O) groups is 1. The van der Waals surface area contributed by atoms with Crippen molar-refractivity contribution in [1.82, 2.24) is 9.55 Å². The second-order valence-electron chi connectivity index (χ2n) is 7.61. The van der Waals surface area contributed by atoms with Crippen LogP contribution in [0.25, 0.3) is 11.0 Å². The van der Waals surface area contributed by atoms with Gasteiger partial charge >= 0.3 is 0 Å². The summed E-state index contributed by atoms with van der Waals surface area (Å²) in [6.07, 6.45) is 0. The molecule has 3 aromatic rings. The van der Waals surface area contributed by atoms with Gasteiger partial charge in [-0.25, -0.2) is 4.98 Å². The zero-order chi connectivity index (χ0) is 19.6. The number of ketones is 1. The summed E-state index contributed by atoms with van der Waals surface area (Å²) in [5.74, 6) is -0.222. The van der Waals surface area contributed by atoms with E-state index in [4.69, 9.17) is 4.74 Å². The van der Waals surface area contributed by atoms with Crippen molar-refractivity contribution in [2.45, 2.75) is 32.1 Å². The molecule has 2 aromatic carbocycles. The molecule has 0 bridgehead atoms. The molecular formula is C22H23N3O2. The molecule has 0 aliphatic heterocycles. The van der Waals surface area contributed by atoms with E-state index in [1.54, 1.807) is 4.57 Å². The van der Waals surface area contributed by atoms with Crippen LogP contribution in [0, 0.1) is 11.3 Å². The first kappa shape index (κ1) is 18.7. The number of rotatable bonds is 5. The molecule has 0 N–H and O–H groups in total. The third-order valence-corrected chi connectivity index (χ3v) is 4.63. The number of hydrogen-bond acceptors (Lipinski definition) is 4. The minimum atomic E-state index is -0.962. The first-order chi connectivity index (χ1) is 12.8. The van der Waals surface area contributed by atoms with Crippen molar-refractivity contribution in [2.75, 3.05) is 6.61 Å². The Kier molecular flexibility index (Phi) is 5.00. The quantitative estimate of drug-likeness (QED) is 0.685. The lowest BCUT2D eigenvalue weighted by Gasteiger charge is -2.19. The Morgan fingerprint density at radius 1 is 1.19 bits per heavy atom. The van der Waals surface area contributed by atoms with Crippen LogP contribution in [0.4, 0.5) is 0 Å². The van der Waals surface area contributed by atoms with Crippen LogP contribution in [0.1, 0.15) is 38.1 Å². The van der Waals surface area contributed by atoms with E-state index in [9.17, 15) is 10.1 Å². The van der Waals surface area contributed by atoms with Gasteiger partial charge in [-0.2, -0.15) is 5.26 Å². The number of carbonyl (C=O) groups excluding carboxylic acids is 1. The van der Waals surface area contributed by atoms with Gasteiger partial charge < -0.3 is 9.30 Å². The molecule has 138 valence electrons. The molecule has 0 spiro atoms. The number of aromatic nitrogens is 2. The summed E-state index contributed by atoms with van der Waals surface area (Å²) >= 11 is 0. The second-order valence-corrected chi connectivity index (χ2v) is 7.61. The van der Waals surface area contributed by atoms with Crippen LogP contribution in [0.15, 0.2) is 48.5 Å². The van der Waals surface area contributed by atoms with Crippen LogP contribution < -0.4 is 4.74 Å². The summed E-state index contributed by atoms with van der Waals surface area (Å²) in [6.45, 7) is 6.25. The van der Waals surface area contributed by atoms with Gasteiger partial charge in [0.15, 0.2) is 11.7 Å². The first-order valence-electron chi connectivity index (χ1n) is 8.88. The van der Waals surface area contributed by atoms with Crippen LogP contribution in [-0.2, 0) is 17.3 Å². The molecule has 0 aliphatic carbocycles. The van der Waals surface area contributed by atoms with Gasteiger partial charge in [0.25, 0.3) is 0 Å². The van der Waals surface area contributed by atoms with E-state index in [2.05, 4.69) is 31.8 Å². The number of hydrogen-bond donors (Lipinski definition) is 0. The molecule has 1 unspecified atom stereocenters. The first-order valence-corrected chi connectivity index (χ1v) is 8.88. The molecule has 1 heterocycles. The summed E-state index contributed by atoms with van der Waals surface area (Å²) in [7, 11) is 1.81. The smallest absolute Gasteiger partial charge is 0.194 e. The Labute approximate surface area is 159 Å². The molecule has 0 saturated carbocycles. The van der Waals surface area contributed by atoms with Gasteiger partial charge in [-0.3, -0.25) is 4.79 Å². The van der Waals surface area contributed by atoms with Crippen LogP contribution in [0.2, 0.25) is 0 Å². The van der Waals surface area contributed by atoms with E-state index in [0.29, 0.717) is 11.6 Å². The molecule has 0 amide bonds. The molecule has 5 nitrogen and oxygen atoms in total. The number of fused-ring (bicyclic) bond motifs is 1. The second kappa shape index (κ2) is 7.24. The number of benzene rings is 2. The number of nitrogens with zero attached hydrogens (tertiary/aromatic N) is 3. The highest BCUT2D eigenvalue weighted by Crippen LogP contribution is 2.25. The molecule has 3 rings (SSSR count). The minimum Gasteiger partial charge on any atom is -0.486 e. The topological polar surface area (TPSA) is 67.9 Å². The Morgan fingerprint density at radius 2 is 1.85 bits per heavy atom. The highest BCUT2D eigenvalue weighted by Gasteiger charge is 2.26. The Hall–Kier alpha value is -3.13. The molecule has 0 saturated heterocycles. The Balaban J connectivity index is 1.74. The van der Waals surface area contributed by atoms with Crippen LogP contribution in [0.3, 0.4) is 0 Å². The summed E-state index contributed by atoms with van der Waals surface area (Å²) in [5.41, 5.74) is 2.90. The molecule has 1 aromatic heterocycles. The number of imidazole rings is 1. The van der Waals surface area contributed by atoms with Crippen molar-refractivity contribution in [3.63, 3.8) is 0 Å². The van der Waals surface area contributed by atoms with Gasteiger partial charge in [0.05, 0.1) is 17.1 Å². The predicted octanol–water partition coefficient (Wildman–Crippen LogP) is 4.13. The highest BCUT2D eigenvalue weighted by atomic mass is 16.5. The van der Waals surface area contributed by atoms with Gasteiger partial charge in [-0.1, -0.05) is 45.0 Å². The van der Waals surface area contributed by atoms with Gasteiger partial charge in [0.1, 0.15) is 18.2 Å². The van der Waals surface area contributed by atoms with Crippen molar-refractivity contribution in [3.05, 3.63) is 59.9 Å². The SMILES string of the molecule is Cn1c(C(C#N)C(=O)COc2ccc(C(C)(C)C)cc2)nc2ccccc21. The van der Waals surface area contributed by atoms with Crippen molar-refractivity contribution >= 4 is 16.8 Å². The minimum absolute atomic E-state index is 0.0560. The van der Waals surface area contributed by atoms with Gasteiger partial charge in [0, 0.05) is 7.05 Å². The maximum absolute atomic E-state index is 12.6. The van der Waals surface area contributed by atoms with E-state index in [1.807, 2.05) is 55.6 Å². The normalized spacial score (nSPS) is 12.6. The van der Waals surface area contributed by atoms with E-state index >= 15 is 0 Å². The fraction of sp³-hybridized carbons (Fsp3) is 0.318. The highest BCUT2D eigenvalue weighted by molar-refractivity contribution is 5.90. The number of nitriles is 1. The molecule has 0 radical (unpaired) electrons. The third-order valence-electron chi connectivity index (χ3n) is 4.63. The zero-order valence-electron chi connectivity index (χ0n) is 16.1. The monoisotopic (exact) mass is 361 g/mol. The third kappa shape index (κ3) is 3.85. The molecule has 5 heteroatoms. The Bertz CT molecular complexity index is 1000. The van der Waals surface area contributed by atoms with E-state index in [0.717, 1.165) is 11.0 Å². The number of Topliss-reactive ketones (excluding diaryl/α,β-unsaturated/α-hetero) is 1. The average Bonchev–Trinajstić information content (AvgIpc) is 2.97. The zero-order valence-corrected chi connectivity index (χ0v) is 16.1. The maximum atomic E-state index is 12.6. The fourth-order valence-corrected chi connectivity index (χ4v) is 2.99. The molecule has 27 heavy (non-hydrogen) atoms. The number of para-hydroxylation sites is 2. The van der Waals surface area contributed by atoms with Crippen molar-refractivity contribution in [3.8, 4) is 11.8 Å². The van der Waals surface area contributed by atoms with Crippen LogP contribution in [-0.4, -0.2) is 21.9 Å².